The maximum absolute atomic E-state index is 12.5. The summed E-state index contributed by atoms with van der Waals surface area (Å²) in [4.78, 5) is 24.3. The molecule has 32 heavy (non-hydrogen) atoms. The minimum Gasteiger partial charge on any atom is -0.468 e. The fourth-order valence-electron chi connectivity index (χ4n) is 4.25. The molecule has 0 aliphatic carbocycles. The summed E-state index contributed by atoms with van der Waals surface area (Å²) in [5, 5.41) is 1.99. The molecule has 2 aromatic carbocycles. The Bertz CT molecular complexity index is 1310. The molecule has 4 rings (SSSR count). The number of fused-ring (bicyclic) bond motifs is 1. The average Bonchev–Trinajstić information content (AvgIpc) is 3.25. The van der Waals surface area contributed by atoms with Gasteiger partial charge in [0.05, 0.1) is 19.3 Å². The Kier molecular flexibility index (Phi) is 6.10. The number of carbonyl (C=O) groups is 1. The fourth-order valence-corrected chi connectivity index (χ4v) is 4.25. The Labute approximate surface area is 187 Å². The van der Waals surface area contributed by atoms with Gasteiger partial charge in [-0.1, -0.05) is 54.1 Å². The van der Waals surface area contributed by atoms with Crippen LogP contribution in [0.3, 0.4) is 0 Å². The van der Waals surface area contributed by atoms with E-state index in [0.29, 0.717) is 35.5 Å². The third-order valence-electron chi connectivity index (χ3n) is 5.89. The van der Waals surface area contributed by atoms with Crippen LogP contribution in [-0.4, -0.2) is 20.0 Å². The average molecular weight is 431 g/mol. The van der Waals surface area contributed by atoms with Gasteiger partial charge >= 0.3 is 0 Å². The quantitative estimate of drug-likeness (QED) is 0.484. The van der Waals surface area contributed by atoms with Crippen molar-refractivity contribution in [1.29, 1.82) is 0 Å². The summed E-state index contributed by atoms with van der Waals surface area (Å²) in [7, 11) is 1.49. The molecule has 5 heteroatoms. The van der Waals surface area contributed by atoms with Crippen molar-refractivity contribution in [2.75, 3.05) is 13.7 Å². The molecule has 2 heterocycles. The van der Waals surface area contributed by atoms with Gasteiger partial charge < -0.3 is 13.9 Å². The van der Waals surface area contributed by atoms with Gasteiger partial charge in [0, 0.05) is 17.5 Å². The molecule has 0 radical (unpaired) electrons. The van der Waals surface area contributed by atoms with Gasteiger partial charge in [-0.3, -0.25) is 9.59 Å². The highest BCUT2D eigenvalue weighted by atomic mass is 16.6. The van der Waals surface area contributed by atoms with E-state index in [1.807, 2.05) is 49.4 Å². The number of carbonyl (C=O) groups excluding carboxylic acids is 1. The Balaban J connectivity index is 1.61. The van der Waals surface area contributed by atoms with E-state index in [1.54, 1.807) is 13.8 Å². The minimum atomic E-state index is -0.331. The van der Waals surface area contributed by atoms with Gasteiger partial charge in [-0.2, -0.15) is 0 Å². The topological polar surface area (TPSA) is 65.7 Å². The summed E-state index contributed by atoms with van der Waals surface area (Å²) in [6.45, 7) is 5.90. The van der Waals surface area contributed by atoms with Crippen molar-refractivity contribution in [3.63, 3.8) is 0 Å². The first-order valence-corrected chi connectivity index (χ1v) is 10.6. The van der Waals surface area contributed by atoms with E-state index in [-0.39, 0.29) is 17.5 Å². The highest BCUT2D eigenvalue weighted by Gasteiger charge is 2.28. The molecule has 164 valence electrons. The van der Waals surface area contributed by atoms with Crippen LogP contribution < -0.4 is 10.2 Å². The standard InChI is InChI=1S/C27H26O5/c1-16(12-21-10-9-20-7-5-6-8-22(20)23(21)14-28)11-19-13-24(31-15-19)26-17(2)25(29)18(3)27(30-4)32-26/h5-12,14,24H,13,15H2,1-4H3/b16-12+,19-11-/t24-/m1/s1. The van der Waals surface area contributed by atoms with Crippen LogP contribution in [0.15, 0.2) is 62.8 Å². The lowest BCUT2D eigenvalue weighted by Crippen LogP contribution is -2.15. The van der Waals surface area contributed by atoms with Gasteiger partial charge in [0.25, 0.3) is 5.95 Å². The van der Waals surface area contributed by atoms with Gasteiger partial charge in [-0.05, 0) is 42.7 Å². The first-order chi connectivity index (χ1) is 15.4. The number of methoxy groups -OCH3 is 1. The monoisotopic (exact) mass is 430 g/mol. The predicted molar refractivity (Wildman–Crippen MR) is 125 cm³/mol. The third-order valence-corrected chi connectivity index (χ3v) is 5.89. The largest absolute Gasteiger partial charge is 0.468 e. The third kappa shape index (κ3) is 4.04. The summed E-state index contributed by atoms with van der Waals surface area (Å²) >= 11 is 0. The molecule has 0 amide bonds. The second-order valence-corrected chi connectivity index (χ2v) is 8.14. The van der Waals surface area contributed by atoms with E-state index >= 15 is 0 Å². The molecule has 1 aromatic heterocycles. The van der Waals surface area contributed by atoms with Gasteiger partial charge in [0.15, 0.2) is 11.7 Å². The van der Waals surface area contributed by atoms with Crippen LogP contribution in [0.25, 0.3) is 16.8 Å². The molecular weight excluding hydrogens is 404 g/mol. The number of rotatable bonds is 5. The number of aldehydes is 1. The second-order valence-electron chi connectivity index (χ2n) is 8.14. The molecule has 1 fully saturated rings. The van der Waals surface area contributed by atoms with Crippen LogP contribution in [0.1, 0.15) is 52.3 Å². The van der Waals surface area contributed by atoms with Crippen molar-refractivity contribution in [2.24, 2.45) is 0 Å². The second kappa shape index (κ2) is 8.97. The molecule has 5 nitrogen and oxygen atoms in total. The molecule has 1 aliphatic rings. The summed E-state index contributed by atoms with van der Waals surface area (Å²) in [6, 6.07) is 11.9. The Hall–Kier alpha value is -3.44. The Morgan fingerprint density at radius 1 is 1.12 bits per heavy atom. The Morgan fingerprint density at radius 3 is 2.66 bits per heavy atom. The molecule has 0 spiro atoms. The van der Waals surface area contributed by atoms with Crippen LogP contribution in [0.2, 0.25) is 0 Å². The van der Waals surface area contributed by atoms with E-state index in [4.69, 9.17) is 13.9 Å². The summed E-state index contributed by atoms with van der Waals surface area (Å²) < 4.78 is 17.0. The first kappa shape index (κ1) is 21.8. The van der Waals surface area contributed by atoms with Gasteiger partial charge in [-0.15, -0.1) is 0 Å². The molecule has 0 unspecified atom stereocenters. The number of ether oxygens (including phenoxy) is 2. The normalized spacial score (nSPS) is 17.8. The zero-order valence-electron chi connectivity index (χ0n) is 18.7. The van der Waals surface area contributed by atoms with E-state index in [9.17, 15) is 9.59 Å². The van der Waals surface area contributed by atoms with Crippen LogP contribution in [-0.2, 0) is 4.74 Å². The molecule has 0 bridgehead atoms. The zero-order chi connectivity index (χ0) is 22.8. The van der Waals surface area contributed by atoms with E-state index < -0.39 is 0 Å². The maximum atomic E-state index is 12.5. The van der Waals surface area contributed by atoms with Crippen LogP contribution in [0.5, 0.6) is 5.95 Å². The lowest BCUT2D eigenvalue weighted by atomic mass is 9.97. The minimum absolute atomic E-state index is 0.0853. The predicted octanol–water partition coefficient (Wildman–Crippen LogP) is 5.72. The van der Waals surface area contributed by atoms with Crippen molar-refractivity contribution in [3.8, 4) is 5.95 Å². The van der Waals surface area contributed by atoms with Crippen molar-refractivity contribution >= 4 is 23.1 Å². The smallest absolute Gasteiger partial charge is 0.291 e. The maximum Gasteiger partial charge on any atom is 0.291 e. The number of hydrogen-bond acceptors (Lipinski definition) is 5. The van der Waals surface area contributed by atoms with Crippen LogP contribution >= 0.6 is 0 Å². The van der Waals surface area contributed by atoms with Gasteiger partial charge in [0.1, 0.15) is 11.9 Å². The van der Waals surface area contributed by atoms with Crippen molar-refractivity contribution in [3.05, 3.63) is 91.9 Å². The lowest BCUT2D eigenvalue weighted by molar-refractivity contribution is 0.0880. The Morgan fingerprint density at radius 2 is 1.91 bits per heavy atom. The number of hydrogen-bond donors (Lipinski definition) is 0. The summed E-state index contributed by atoms with van der Waals surface area (Å²) in [6.07, 6.45) is 5.29. The van der Waals surface area contributed by atoms with E-state index in [0.717, 1.165) is 33.8 Å². The molecule has 3 aromatic rings. The van der Waals surface area contributed by atoms with Crippen LogP contribution in [0.4, 0.5) is 0 Å². The molecule has 0 saturated carbocycles. The molecule has 1 atom stereocenters. The summed E-state index contributed by atoms with van der Waals surface area (Å²) in [5.74, 6) is 0.741. The SMILES string of the molecule is COc1oc([C@H]2C/C(=C/C(C)=C/c3ccc4ccccc4c3C=O)CO2)c(C)c(=O)c1C. The van der Waals surface area contributed by atoms with Crippen molar-refractivity contribution in [2.45, 2.75) is 33.3 Å². The van der Waals surface area contributed by atoms with Crippen LogP contribution in [0, 0.1) is 13.8 Å². The van der Waals surface area contributed by atoms with E-state index in [1.165, 1.54) is 7.11 Å². The highest BCUT2D eigenvalue weighted by Crippen LogP contribution is 2.36. The number of benzene rings is 2. The lowest BCUT2D eigenvalue weighted by Gasteiger charge is -2.13. The van der Waals surface area contributed by atoms with Gasteiger partial charge in [0.2, 0.25) is 0 Å². The zero-order valence-corrected chi connectivity index (χ0v) is 18.7. The summed E-state index contributed by atoms with van der Waals surface area (Å²) in [5.41, 5.74) is 4.61. The van der Waals surface area contributed by atoms with E-state index in [2.05, 4.69) is 6.08 Å². The molecule has 0 N–H and O–H groups in total. The highest BCUT2D eigenvalue weighted by molar-refractivity contribution is 6.01. The molecule has 1 aliphatic heterocycles. The number of allylic oxidation sites excluding steroid dienone is 2. The fraction of sp³-hybridized carbons (Fsp3) is 0.259. The first-order valence-electron chi connectivity index (χ1n) is 10.6. The molecule has 1 saturated heterocycles. The van der Waals surface area contributed by atoms with Crippen molar-refractivity contribution < 1.29 is 18.7 Å². The van der Waals surface area contributed by atoms with Gasteiger partial charge in [-0.25, -0.2) is 0 Å². The van der Waals surface area contributed by atoms with Crippen molar-refractivity contribution in [1.82, 2.24) is 0 Å². The molecular formula is C27H26O5.